The lowest BCUT2D eigenvalue weighted by molar-refractivity contribution is -0.130. The molecule has 1 amide bonds. The van der Waals surface area contributed by atoms with E-state index in [1.807, 2.05) is 7.05 Å². The zero-order valence-corrected chi connectivity index (χ0v) is 15.6. The van der Waals surface area contributed by atoms with Crippen molar-refractivity contribution < 1.29 is 13.2 Å². The van der Waals surface area contributed by atoms with E-state index in [4.69, 9.17) is 0 Å². The molecule has 0 saturated carbocycles. The second kappa shape index (κ2) is 7.85. The summed E-state index contributed by atoms with van der Waals surface area (Å²) in [6, 6.07) is 7.03. The molecule has 2 aliphatic heterocycles. The lowest BCUT2D eigenvalue weighted by Crippen LogP contribution is -2.39. The van der Waals surface area contributed by atoms with Gasteiger partial charge in [-0.25, -0.2) is 8.42 Å². The van der Waals surface area contributed by atoms with Gasteiger partial charge in [0, 0.05) is 32.7 Å². The lowest BCUT2D eigenvalue weighted by atomic mass is 10.1. The number of hydrogen-bond donors (Lipinski definition) is 1. The van der Waals surface area contributed by atoms with Crippen LogP contribution in [-0.4, -0.2) is 62.8 Å². The van der Waals surface area contributed by atoms with Crippen LogP contribution in [0.3, 0.4) is 0 Å². The van der Waals surface area contributed by atoms with E-state index in [0.29, 0.717) is 24.4 Å². The summed E-state index contributed by atoms with van der Waals surface area (Å²) in [5, 5.41) is 3.26. The number of carbonyl (C=O) groups excluding carboxylic acids is 1. The van der Waals surface area contributed by atoms with Gasteiger partial charge < -0.3 is 10.2 Å². The highest BCUT2D eigenvalue weighted by Crippen LogP contribution is 2.21. The molecular formula is C18H27N3O3S. The topological polar surface area (TPSA) is 69.7 Å². The van der Waals surface area contributed by atoms with Crippen molar-refractivity contribution in [1.29, 1.82) is 0 Å². The highest BCUT2D eigenvalue weighted by Gasteiger charge is 2.26. The molecule has 1 atom stereocenters. The van der Waals surface area contributed by atoms with Crippen molar-refractivity contribution in [2.75, 3.05) is 33.2 Å². The van der Waals surface area contributed by atoms with Gasteiger partial charge in [0.25, 0.3) is 0 Å². The summed E-state index contributed by atoms with van der Waals surface area (Å²) in [5.74, 6) is 0.0698. The second-order valence-electron chi connectivity index (χ2n) is 6.94. The van der Waals surface area contributed by atoms with Crippen molar-refractivity contribution in [2.24, 2.45) is 0 Å². The summed E-state index contributed by atoms with van der Waals surface area (Å²) < 4.78 is 26.9. The third kappa shape index (κ3) is 4.22. The van der Waals surface area contributed by atoms with Crippen molar-refractivity contribution >= 4 is 15.9 Å². The third-order valence-electron chi connectivity index (χ3n) is 5.21. The predicted molar refractivity (Wildman–Crippen MR) is 96.8 cm³/mol. The molecule has 2 aliphatic rings. The van der Waals surface area contributed by atoms with Crippen LogP contribution in [0.2, 0.25) is 0 Å². The van der Waals surface area contributed by atoms with Crippen LogP contribution in [0.15, 0.2) is 29.2 Å². The zero-order chi connectivity index (χ0) is 17.9. The molecule has 0 bridgehead atoms. The number of nitrogens with zero attached hydrogens (tertiary/aromatic N) is 2. The monoisotopic (exact) mass is 365 g/mol. The number of benzene rings is 1. The average molecular weight is 365 g/mol. The summed E-state index contributed by atoms with van der Waals surface area (Å²) in [7, 11) is -1.56. The van der Waals surface area contributed by atoms with Crippen LogP contribution in [0, 0.1) is 0 Å². The Kier molecular flexibility index (Phi) is 5.76. The van der Waals surface area contributed by atoms with Gasteiger partial charge in [0.15, 0.2) is 0 Å². The fourth-order valence-electron chi connectivity index (χ4n) is 3.51. The van der Waals surface area contributed by atoms with E-state index >= 15 is 0 Å². The molecule has 2 heterocycles. The molecule has 25 heavy (non-hydrogen) atoms. The smallest absolute Gasteiger partial charge is 0.243 e. The van der Waals surface area contributed by atoms with E-state index in [0.717, 1.165) is 44.3 Å². The number of sulfonamides is 1. The Morgan fingerprint density at radius 3 is 2.48 bits per heavy atom. The van der Waals surface area contributed by atoms with E-state index in [-0.39, 0.29) is 11.9 Å². The quantitative estimate of drug-likeness (QED) is 0.852. The zero-order valence-electron chi connectivity index (χ0n) is 14.8. The molecule has 0 spiro atoms. The Bertz CT molecular complexity index is 691. The van der Waals surface area contributed by atoms with Gasteiger partial charge in [0.05, 0.1) is 11.3 Å². The third-order valence-corrected chi connectivity index (χ3v) is 7.12. The molecule has 1 aromatic rings. The molecule has 1 aromatic carbocycles. The van der Waals surface area contributed by atoms with E-state index in [2.05, 4.69) is 5.32 Å². The SMILES string of the molecule is CN(C(=O)Cc1ccc(S(=O)(=O)N2CCCCC2)cc1)C1CCNC1. The first kappa shape index (κ1) is 18.4. The van der Waals surface area contributed by atoms with Gasteiger partial charge in [-0.2, -0.15) is 4.31 Å². The van der Waals surface area contributed by atoms with Crippen molar-refractivity contribution in [3.05, 3.63) is 29.8 Å². The number of amides is 1. The highest BCUT2D eigenvalue weighted by atomic mass is 32.2. The first-order chi connectivity index (χ1) is 12.0. The standard InChI is InChI=1S/C18H27N3O3S/c1-20(16-9-10-19-14-16)18(22)13-15-5-7-17(8-6-15)25(23,24)21-11-3-2-4-12-21/h5-8,16,19H,2-4,9-14H2,1H3. The minimum absolute atomic E-state index is 0.0698. The maximum Gasteiger partial charge on any atom is 0.243 e. The van der Waals surface area contributed by atoms with E-state index in [9.17, 15) is 13.2 Å². The summed E-state index contributed by atoms with van der Waals surface area (Å²) in [6.07, 6.45) is 4.23. The predicted octanol–water partition coefficient (Wildman–Crippen LogP) is 1.22. The van der Waals surface area contributed by atoms with E-state index in [1.165, 1.54) is 0 Å². The number of likely N-dealkylation sites (N-methyl/N-ethyl adjacent to an activating group) is 1. The van der Waals surface area contributed by atoms with Crippen LogP contribution in [0.1, 0.15) is 31.2 Å². The molecule has 2 saturated heterocycles. The fraction of sp³-hybridized carbons (Fsp3) is 0.611. The fourth-order valence-corrected chi connectivity index (χ4v) is 5.02. The van der Waals surface area contributed by atoms with Crippen LogP contribution in [0.25, 0.3) is 0 Å². The van der Waals surface area contributed by atoms with Gasteiger partial charge in [-0.05, 0) is 43.5 Å². The maximum atomic E-state index is 12.6. The Morgan fingerprint density at radius 1 is 1.20 bits per heavy atom. The summed E-state index contributed by atoms with van der Waals surface area (Å²) in [4.78, 5) is 14.5. The first-order valence-corrected chi connectivity index (χ1v) is 10.5. The van der Waals surface area contributed by atoms with Crippen molar-refractivity contribution in [3.8, 4) is 0 Å². The number of hydrogen-bond acceptors (Lipinski definition) is 4. The molecule has 3 rings (SSSR count). The van der Waals surface area contributed by atoms with Gasteiger partial charge >= 0.3 is 0 Å². The van der Waals surface area contributed by atoms with Gasteiger partial charge in [-0.1, -0.05) is 18.6 Å². The Morgan fingerprint density at radius 2 is 1.88 bits per heavy atom. The first-order valence-electron chi connectivity index (χ1n) is 9.04. The normalized spacial score (nSPS) is 22.0. The molecule has 138 valence electrons. The molecule has 0 aliphatic carbocycles. The van der Waals surface area contributed by atoms with E-state index < -0.39 is 10.0 Å². The van der Waals surface area contributed by atoms with Crippen LogP contribution in [0.5, 0.6) is 0 Å². The van der Waals surface area contributed by atoms with Gasteiger partial charge in [-0.3, -0.25) is 4.79 Å². The van der Waals surface area contributed by atoms with Crippen LogP contribution in [-0.2, 0) is 21.2 Å². The van der Waals surface area contributed by atoms with Crippen LogP contribution in [0.4, 0.5) is 0 Å². The van der Waals surface area contributed by atoms with Gasteiger partial charge in [0.1, 0.15) is 0 Å². The molecule has 2 fully saturated rings. The van der Waals surface area contributed by atoms with Crippen molar-refractivity contribution in [2.45, 2.75) is 43.0 Å². The molecule has 0 radical (unpaired) electrons. The number of carbonyl (C=O) groups is 1. The Hall–Kier alpha value is -1.44. The van der Waals surface area contributed by atoms with Crippen LogP contribution >= 0.6 is 0 Å². The molecule has 1 unspecified atom stereocenters. The molecule has 0 aromatic heterocycles. The van der Waals surface area contributed by atoms with Gasteiger partial charge in [-0.15, -0.1) is 0 Å². The van der Waals surface area contributed by atoms with Crippen molar-refractivity contribution in [1.82, 2.24) is 14.5 Å². The molecular weight excluding hydrogens is 338 g/mol. The van der Waals surface area contributed by atoms with E-state index in [1.54, 1.807) is 33.5 Å². The summed E-state index contributed by atoms with van der Waals surface area (Å²) in [5.41, 5.74) is 0.848. The second-order valence-corrected chi connectivity index (χ2v) is 8.87. The number of rotatable bonds is 5. The highest BCUT2D eigenvalue weighted by molar-refractivity contribution is 7.89. The lowest BCUT2D eigenvalue weighted by Gasteiger charge is -2.26. The van der Waals surface area contributed by atoms with Crippen molar-refractivity contribution in [3.63, 3.8) is 0 Å². The maximum absolute atomic E-state index is 12.6. The summed E-state index contributed by atoms with van der Waals surface area (Å²) >= 11 is 0. The minimum atomic E-state index is -3.41. The molecule has 7 heteroatoms. The Labute approximate surface area is 150 Å². The van der Waals surface area contributed by atoms with Gasteiger partial charge in [0.2, 0.25) is 15.9 Å². The number of piperidine rings is 1. The largest absolute Gasteiger partial charge is 0.341 e. The van der Waals surface area contributed by atoms with Crippen LogP contribution < -0.4 is 5.32 Å². The molecule has 1 N–H and O–H groups in total. The summed E-state index contributed by atoms with van der Waals surface area (Å²) in [6.45, 7) is 2.99. The minimum Gasteiger partial charge on any atom is -0.341 e. The molecule has 6 nitrogen and oxygen atoms in total. The average Bonchev–Trinajstić information content (AvgIpc) is 3.17. The number of nitrogens with one attached hydrogen (secondary N) is 1. The Balaban J connectivity index is 1.64.